The molecule has 0 aliphatic rings. The van der Waals surface area contributed by atoms with Crippen molar-refractivity contribution in [3.8, 4) is 0 Å². The Bertz CT molecular complexity index is 599. The molecule has 2 aromatic rings. The summed E-state index contributed by atoms with van der Waals surface area (Å²) < 4.78 is 15.1. The first kappa shape index (κ1) is 16.0. The third kappa shape index (κ3) is 4.04. The monoisotopic (exact) mass is 419 g/mol. The van der Waals surface area contributed by atoms with Crippen molar-refractivity contribution in [2.75, 3.05) is 7.05 Å². The van der Waals surface area contributed by atoms with Crippen LogP contribution in [0.1, 0.15) is 17.2 Å². The molecular formula is C15H13Br2ClFN. The van der Waals surface area contributed by atoms with Gasteiger partial charge in [0.25, 0.3) is 0 Å². The molecule has 0 saturated carbocycles. The van der Waals surface area contributed by atoms with Crippen LogP contribution in [-0.2, 0) is 6.42 Å². The lowest BCUT2D eigenvalue weighted by Crippen LogP contribution is -2.19. The van der Waals surface area contributed by atoms with Gasteiger partial charge in [-0.3, -0.25) is 0 Å². The average Bonchev–Trinajstić information content (AvgIpc) is 2.35. The van der Waals surface area contributed by atoms with E-state index in [9.17, 15) is 4.39 Å². The standard InChI is InChI=1S/C15H13Br2ClFN/c1-20-15(13-3-2-11(18)8-14(13)17)6-9-4-10(16)7-12(19)5-9/h2-5,7-8,15,20H,6H2,1H3. The van der Waals surface area contributed by atoms with Gasteiger partial charge in [-0.05, 0) is 54.9 Å². The summed E-state index contributed by atoms with van der Waals surface area (Å²) in [5, 5.41) is 3.94. The molecule has 106 valence electrons. The molecule has 0 aliphatic heterocycles. The second kappa shape index (κ2) is 7.03. The number of halogens is 4. The summed E-state index contributed by atoms with van der Waals surface area (Å²) >= 11 is 12.8. The van der Waals surface area contributed by atoms with Crippen LogP contribution in [0.15, 0.2) is 45.3 Å². The van der Waals surface area contributed by atoms with Crippen molar-refractivity contribution < 1.29 is 4.39 Å². The molecule has 2 aromatic carbocycles. The van der Waals surface area contributed by atoms with E-state index < -0.39 is 0 Å². The molecule has 0 saturated heterocycles. The molecule has 0 fully saturated rings. The smallest absolute Gasteiger partial charge is 0.124 e. The number of hydrogen-bond acceptors (Lipinski definition) is 1. The minimum Gasteiger partial charge on any atom is -0.313 e. The highest BCUT2D eigenvalue weighted by molar-refractivity contribution is 9.10. The second-order valence-electron chi connectivity index (χ2n) is 4.49. The summed E-state index contributed by atoms with van der Waals surface area (Å²) in [4.78, 5) is 0. The zero-order valence-corrected chi connectivity index (χ0v) is 14.7. The molecule has 0 heterocycles. The minimum atomic E-state index is -0.237. The van der Waals surface area contributed by atoms with Gasteiger partial charge < -0.3 is 5.32 Å². The highest BCUT2D eigenvalue weighted by Crippen LogP contribution is 2.29. The molecule has 1 atom stereocenters. The van der Waals surface area contributed by atoms with E-state index in [4.69, 9.17) is 11.6 Å². The minimum absolute atomic E-state index is 0.0790. The lowest BCUT2D eigenvalue weighted by molar-refractivity contribution is 0.582. The lowest BCUT2D eigenvalue weighted by Gasteiger charge is -2.19. The van der Waals surface area contributed by atoms with E-state index in [1.54, 1.807) is 6.07 Å². The Hall–Kier alpha value is -0.420. The highest BCUT2D eigenvalue weighted by atomic mass is 79.9. The van der Waals surface area contributed by atoms with Crippen LogP contribution in [0, 0.1) is 5.82 Å². The van der Waals surface area contributed by atoms with Gasteiger partial charge in [0.1, 0.15) is 5.82 Å². The molecule has 1 N–H and O–H groups in total. The van der Waals surface area contributed by atoms with Crippen LogP contribution in [-0.4, -0.2) is 7.05 Å². The lowest BCUT2D eigenvalue weighted by atomic mass is 9.99. The van der Waals surface area contributed by atoms with Gasteiger partial charge in [-0.2, -0.15) is 0 Å². The normalized spacial score (nSPS) is 12.4. The molecule has 1 unspecified atom stereocenters. The molecule has 0 spiro atoms. The summed E-state index contributed by atoms with van der Waals surface area (Å²) in [6.45, 7) is 0. The Balaban J connectivity index is 2.28. The van der Waals surface area contributed by atoms with E-state index in [1.807, 2.05) is 31.3 Å². The van der Waals surface area contributed by atoms with Crippen LogP contribution >= 0.6 is 43.5 Å². The molecule has 0 aliphatic carbocycles. The van der Waals surface area contributed by atoms with Crippen molar-refractivity contribution in [1.29, 1.82) is 0 Å². The van der Waals surface area contributed by atoms with Crippen molar-refractivity contribution >= 4 is 43.5 Å². The summed E-state index contributed by atoms with van der Waals surface area (Å²) in [5.74, 6) is -0.237. The fraction of sp³-hybridized carbons (Fsp3) is 0.200. The Morgan fingerprint density at radius 2 is 1.95 bits per heavy atom. The predicted molar refractivity (Wildman–Crippen MR) is 88.8 cm³/mol. The van der Waals surface area contributed by atoms with Crippen LogP contribution in [0.2, 0.25) is 5.02 Å². The SMILES string of the molecule is CNC(Cc1cc(F)cc(Br)c1)c1ccc(Cl)cc1Br. The van der Waals surface area contributed by atoms with Crippen LogP contribution in [0.4, 0.5) is 4.39 Å². The summed E-state index contributed by atoms with van der Waals surface area (Å²) in [5.41, 5.74) is 2.02. The highest BCUT2D eigenvalue weighted by Gasteiger charge is 2.14. The maximum absolute atomic E-state index is 13.4. The van der Waals surface area contributed by atoms with Crippen LogP contribution < -0.4 is 5.32 Å². The quantitative estimate of drug-likeness (QED) is 0.687. The largest absolute Gasteiger partial charge is 0.313 e. The number of likely N-dealkylation sites (N-methyl/N-ethyl adjacent to an activating group) is 1. The van der Waals surface area contributed by atoms with E-state index >= 15 is 0 Å². The first-order valence-electron chi connectivity index (χ1n) is 6.07. The molecule has 0 bridgehead atoms. The summed E-state index contributed by atoms with van der Waals surface area (Å²) in [6.07, 6.45) is 0.688. The zero-order valence-electron chi connectivity index (χ0n) is 10.8. The van der Waals surface area contributed by atoms with Crippen molar-refractivity contribution in [2.45, 2.75) is 12.5 Å². The van der Waals surface area contributed by atoms with E-state index in [1.165, 1.54) is 6.07 Å². The van der Waals surface area contributed by atoms with Crippen LogP contribution in [0.25, 0.3) is 0 Å². The van der Waals surface area contributed by atoms with Gasteiger partial charge in [0.15, 0.2) is 0 Å². The number of rotatable bonds is 4. The number of nitrogens with one attached hydrogen (secondary N) is 1. The van der Waals surface area contributed by atoms with Gasteiger partial charge in [-0.15, -0.1) is 0 Å². The molecule has 5 heteroatoms. The Morgan fingerprint density at radius 1 is 1.20 bits per heavy atom. The molecule has 0 aromatic heterocycles. The van der Waals surface area contributed by atoms with Gasteiger partial charge in [0.05, 0.1) is 0 Å². The van der Waals surface area contributed by atoms with E-state index in [0.717, 1.165) is 20.1 Å². The van der Waals surface area contributed by atoms with Gasteiger partial charge in [-0.1, -0.05) is 49.5 Å². The zero-order chi connectivity index (χ0) is 14.7. The van der Waals surface area contributed by atoms with Crippen molar-refractivity contribution in [3.63, 3.8) is 0 Å². The van der Waals surface area contributed by atoms with E-state index in [-0.39, 0.29) is 11.9 Å². The van der Waals surface area contributed by atoms with Crippen molar-refractivity contribution in [1.82, 2.24) is 5.32 Å². The maximum Gasteiger partial charge on any atom is 0.124 e. The molecule has 2 rings (SSSR count). The Morgan fingerprint density at radius 3 is 2.55 bits per heavy atom. The fourth-order valence-electron chi connectivity index (χ4n) is 2.12. The number of benzene rings is 2. The molecule has 1 nitrogen and oxygen atoms in total. The number of hydrogen-bond donors (Lipinski definition) is 1. The molecule has 0 radical (unpaired) electrons. The van der Waals surface area contributed by atoms with Crippen molar-refractivity contribution in [2.24, 2.45) is 0 Å². The molecule has 20 heavy (non-hydrogen) atoms. The van der Waals surface area contributed by atoms with E-state index in [0.29, 0.717) is 11.4 Å². The molecule has 0 amide bonds. The first-order chi connectivity index (χ1) is 9.49. The predicted octanol–water partition coefficient (Wildman–Crippen LogP) is 5.51. The second-order valence-corrected chi connectivity index (χ2v) is 6.70. The summed E-state index contributed by atoms with van der Waals surface area (Å²) in [6, 6.07) is 10.7. The third-order valence-corrected chi connectivity index (χ3v) is 4.43. The van der Waals surface area contributed by atoms with Gasteiger partial charge in [-0.25, -0.2) is 4.39 Å². The van der Waals surface area contributed by atoms with Crippen LogP contribution in [0.3, 0.4) is 0 Å². The first-order valence-corrected chi connectivity index (χ1v) is 8.03. The van der Waals surface area contributed by atoms with Gasteiger partial charge in [0, 0.05) is 20.0 Å². The Kier molecular flexibility index (Phi) is 5.61. The fourth-order valence-corrected chi connectivity index (χ4v) is 3.59. The Labute approximate surface area is 139 Å². The van der Waals surface area contributed by atoms with Gasteiger partial charge >= 0.3 is 0 Å². The average molecular weight is 422 g/mol. The molecular weight excluding hydrogens is 408 g/mol. The van der Waals surface area contributed by atoms with Crippen molar-refractivity contribution in [3.05, 3.63) is 67.3 Å². The third-order valence-electron chi connectivity index (χ3n) is 3.05. The van der Waals surface area contributed by atoms with Gasteiger partial charge in [0.2, 0.25) is 0 Å². The topological polar surface area (TPSA) is 12.0 Å². The van der Waals surface area contributed by atoms with Crippen LogP contribution in [0.5, 0.6) is 0 Å². The maximum atomic E-state index is 13.4. The van der Waals surface area contributed by atoms with E-state index in [2.05, 4.69) is 37.2 Å². The summed E-state index contributed by atoms with van der Waals surface area (Å²) in [7, 11) is 1.89.